The summed E-state index contributed by atoms with van der Waals surface area (Å²) in [7, 11) is 0. The van der Waals surface area contributed by atoms with Crippen LogP contribution in [0.4, 0.5) is 0 Å². The van der Waals surface area contributed by atoms with E-state index in [1.165, 1.54) is 0 Å². The zero-order valence-corrected chi connectivity index (χ0v) is 9.38. The van der Waals surface area contributed by atoms with Gasteiger partial charge in [0.1, 0.15) is 0 Å². The van der Waals surface area contributed by atoms with Gasteiger partial charge < -0.3 is 10.5 Å². The Morgan fingerprint density at radius 2 is 2.29 bits per heavy atom. The SMILES string of the molecule is C=C(CN)CN1CCCOC(C)(C)C1. The van der Waals surface area contributed by atoms with Crippen LogP contribution in [-0.4, -0.2) is 43.3 Å². The molecule has 2 N–H and O–H groups in total. The molecule has 1 aliphatic heterocycles. The highest BCUT2D eigenvalue weighted by Crippen LogP contribution is 2.16. The largest absolute Gasteiger partial charge is 0.374 e. The second kappa shape index (κ2) is 4.91. The predicted octanol–water partition coefficient (Wildman–Crippen LogP) is 1.00. The van der Waals surface area contributed by atoms with Crippen molar-refractivity contribution in [2.24, 2.45) is 5.73 Å². The van der Waals surface area contributed by atoms with E-state index in [2.05, 4.69) is 25.3 Å². The molecule has 3 nitrogen and oxygen atoms in total. The van der Waals surface area contributed by atoms with Crippen LogP contribution in [0, 0.1) is 0 Å². The Morgan fingerprint density at radius 1 is 1.57 bits per heavy atom. The summed E-state index contributed by atoms with van der Waals surface area (Å²) in [6.07, 6.45) is 1.10. The van der Waals surface area contributed by atoms with E-state index < -0.39 is 0 Å². The van der Waals surface area contributed by atoms with Crippen LogP contribution in [0.15, 0.2) is 12.2 Å². The average molecular weight is 198 g/mol. The summed E-state index contributed by atoms with van der Waals surface area (Å²) in [4.78, 5) is 2.38. The first kappa shape index (κ1) is 11.7. The van der Waals surface area contributed by atoms with Crippen LogP contribution in [0.25, 0.3) is 0 Å². The van der Waals surface area contributed by atoms with E-state index >= 15 is 0 Å². The monoisotopic (exact) mass is 198 g/mol. The fraction of sp³-hybridized carbons (Fsp3) is 0.818. The molecule has 1 aliphatic rings. The molecule has 0 atom stereocenters. The molecule has 0 amide bonds. The second-order valence-electron chi connectivity index (χ2n) is 4.63. The van der Waals surface area contributed by atoms with Crippen molar-refractivity contribution >= 4 is 0 Å². The molecule has 0 spiro atoms. The second-order valence-corrected chi connectivity index (χ2v) is 4.63. The fourth-order valence-corrected chi connectivity index (χ4v) is 1.82. The van der Waals surface area contributed by atoms with Crippen LogP contribution in [-0.2, 0) is 4.74 Å². The van der Waals surface area contributed by atoms with Crippen molar-refractivity contribution in [1.29, 1.82) is 0 Å². The average Bonchev–Trinajstić information content (AvgIpc) is 2.26. The highest BCUT2D eigenvalue weighted by Gasteiger charge is 2.25. The van der Waals surface area contributed by atoms with Gasteiger partial charge in [0.05, 0.1) is 5.60 Å². The van der Waals surface area contributed by atoms with Gasteiger partial charge in [0, 0.05) is 32.8 Å². The minimum Gasteiger partial charge on any atom is -0.374 e. The lowest BCUT2D eigenvalue weighted by Crippen LogP contribution is -2.39. The predicted molar refractivity (Wildman–Crippen MR) is 59.3 cm³/mol. The third kappa shape index (κ3) is 3.78. The number of nitrogens with zero attached hydrogens (tertiary/aromatic N) is 1. The molecule has 1 rings (SSSR count). The molecule has 0 aromatic rings. The number of rotatable bonds is 3. The van der Waals surface area contributed by atoms with Crippen molar-refractivity contribution in [2.45, 2.75) is 25.9 Å². The summed E-state index contributed by atoms with van der Waals surface area (Å²) in [6, 6.07) is 0. The molecule has 82 valence electrons. The molecule has 0 saturated carbocycles. The van der Waals surface area contributed by atoms with Crippen LogP contribution < -0.4 is 5.73 Å². The first-order chi connectivity index (χ1) is 6.53. The molecular weight excluding hydrogens is 176 g/mol. The van der Waals surface area contributed by atoms with Crippen LogP contribution >= 0.6 is 0 Å². The molecule has 1 heterocycles. The summed E-state index contributed by atoms with van der Waals surface area (Å²) in [5.74, 6) is 0. The lowest BCUT2D eigenvalue weighted by molar-refractivity contribution is -0.0162. The van der Waals surface area contributed by atoms with E-state index in [4.69, 9.17) is 10.5 Å². The van der Waals surface area contributed by atoms with Gasteiger partial charge in [-0.05, 0) is 25.8 Å². The van der Waals surface area contributed by atoms with Crippen LogP contribution in [0.5, 0.6) is 0 Å². The Labute approximate surface area is 86.9 Å². The molecule has 14 heavy (non-hydrogen) atoms. The third-order valence-corrected chi connectivity index (χ3v) is 2.45. The molecule has 0 aromatic carbocycles. The van der Waals surface area contributed by atoms with Crippen molar-refractivity contribution in [3.63, 3.8) is 0 Å². The Hall–Kier alpha value is -0.380. The normalized spacial score (nSPS) is 23.1. The minimum atomic E-state index is -0.0363. The van der Waals surface area contributed by atoms with Gasteiger partial charge in [-0.2, -0.15) is 0 Å². The number of ether oxygens (including phenoxy) is 1. The Balaban J connectivity index is 2.47. The Morgan fingerprint density at radius 3 is 2.93 bits per heavy atom. The molecule has 3 heteroatoms. The topological polar surface area (TPSA) is 38.5 Å². The van der Waals surface area contributed by atoms with E-state index in [1.807, 2.05) is 0 Å². The molecule has 0 radical (unpaired) electrons. The van der Waals surface area contributed by atoms with Crippen molar-refractivity contribution in [2.75, 3.05) is 32.8 Å². The molecule has 0 aliphatic carbocycles. The van der Waals surface area contributed by atoms with Gasteiger partial charge in [0.25, 0.3) is 0 Å². The lowest BCUT2D eigenvalue weighted by Gasteiger charge is -2.29. The maximum absolute atomic E-state index is 5.73. The number of hydrogen-bond acceptors (Lipinski definition) is 3. The minimum absolute atomic E-state index is 0.0363. The maximum atomic E-state index is 5.73. The Kier molecular flexibility index (Phi) is 4.11. The molecule has 0 unspecified atom stereocenters. The van der Waals surface area contributed by atoms with Crippen LogP contribution in [0.3, 0.4) is 0 Å². The van der Waals surface area contributed by atoms with Gasteiger partial charge in [0.2, 0.25) is 0 Å². The quantitative estimate of drug-likeness (QED) is 0.688. The highest BCUT2D eigenvalue weighted by molar-refractivity contribution is 4.99. The zero-order valence-electron chi connectivity index (χ0n) is 9.38. The van der Waals surface area contributed by atoms with Crippen molar-refractivity contribution in [3.8, 4) is 0 Å². The van der Waals surface area contributed by atoms with Gasteiger partial charge in [-0.3, -0.25) is 4.90 Å². The summed E-state index contributed by atoms with van der Waals surface area (Å²) in [6.45, 7) is 12.6. The third-order valence-electron chi connectivity index (χ3n) is 2.45. The van der Waals surface area contributed by atoms with E-state index in [1.54, 1.807) is 0 Å². The molecule has 1 fully saturated rings. The first-order valence-electron chi connectivity index (χ1n) is 5.26. The molecule has 1 saturated heterocycles. The van der Waals surface area contributed by atoms with E-state index in [0.29, 0.717) is 6.54 Å². The summed E-state index contributed by atoms with van der Waals surface area (Å²) in [5.41, 5.74) is 6.60. The molecule has 0 aromatic heterocycles. The van der Waals surface area contributed by atoms with Gasteiger partial charge in [-0.25, -0.2) is 0 Å². The van der Waals surface area contributed by atoms with Crippen LogP contribution in [0.1, 0.15) is 20.3 Å². The van der Waals surface area contributed by atoms with Gasteiger partial charge in [-0.1, -0.05) is 6.58 Å². The number of nitrogens with two attached hydrogens (primary N) is 1. The Bertz CT molecular complexity index is 201. The highest BCUT2D eigenvalue weighted by atomic mass is 16.5. The maximum Gasteiger partial charge on any atom is 0.0752 e. The van der Waals surface area contributed by atoms with E-state index in [0.717, 1.165) is 38.2 Å². The standard InChI is InChI=1S/C11H22N2O/c1-10(7-12)8-13-5-4-6-14-11(2,3)9-13/h1,4-9,12H2,2-3H3. The summed E-state index contributed by atoms with van der Waals surface area (Å²) < 4.78 is 5.73. The van der Waals surface area contributed by atoms with Crippen molar-refractivity contribution in [3.05, 3.63) is 12.2 Å². The molecule has 0 bridgehead atoms. The summed E-state index contributed by atoms with van der Waals surface area (Å²) >= 11 is 0. The van der Waals surface area contributed by atoms with Gasteiger partial charge in [-0.15, -0.1) is 0 Å². The first-order valence-corrected chi connectivity index (χ1v) is 5.26. The lowest BCUT2D eigenvalue weighted by atomic mass is 10.1. The summed E-state index contributed by atoms with van der Waals surface area (Å²) in [5, 5.41) is 0. The van der Waals surface area contributed by atoms with E-state index in [9.17, 15) is 0 Å². The van der Waals surface area contributed by atoms with Gasteiger partial charge in [0.15, 0.2) is 0 Å². The van der Waals surface area contributed by atoms with Crippen molar-refractivity contribution in [1.82, 2.24) is 4.90 Å². The van der Waals surface area contributed by atoms with E-state index in [-0.39, 0.29) is 5.60 Å². The van der Waals surface area contributed by atoms with Gasteiger partial charge >= 0.3 is 0 Å². The van der Waals surface area contributed by atoms with Crippen LogP contribution in [0.2, 0.25) is 0 Å². The molecular formula is C11H22N2O. The zero-order chi connectivity index (χ0) is 10.6. The smallest absolute Gasteiger partial charge is 0.0752 e. The fourth-order valence-electron chi connectivity index (χ4n) is 1.82. The van der Waals surface area contributed by atoms with Crippen molar-refractivity contribution < 1.29 is 4.74 Å². The number of hydrogen-bond donors (Lipinski definition) is 1.